The van der Waals surface area contributed by atoms with Crippen LogP contribution < -0.4 is 5.73 Å². The van der Waals surface area contributed by atoms with Crippen LogP contribution in [0.4, 0.5) is 4.39 Å². The van der Waals surface area contributed by atoms with Gasteiger partial charge in [0.05, 0.1) is 0 Å². The molecule has 1 aromatic carbocycles. The van der Waals surface area contributed by atoms with Crippen LogP contribution >= 0.6 is 15.9 Å². The lowest BCUT2D eigenvalue weighted by molar-refractivity contribution is 0.139. The predicted octanol–water partition coefficient (Wildman–Crippen LogP) is 5.31. The topological polar surface area (TPSA) is 26.0 Å². The molecule has 0 aliphatic heterocycles. The minimum atomic E-state index is -0.150. The number of hydrogen-bond acceptors (Lipinski definition) is 1. The van der Waals surface area contributed by atoms with Gasteiger partial charge in [0.1, 0.15) is 5.82 Å². The molecule has 118 valence electrons. The van der Waals surface area contributed by atoms with Crippen LogP contribution in [0.15, 0.2) is 22.7 Å². The SMILES string of the molecule is CC(C)(C)C1CCC(C(N)Cc2ccc(Br)cc2F)CC1. The Bertz CT molecular complexity index is 473. The van der Waals surface area contributed by atoms with Crippen molar-refractivity contribution in [2.75, 3.05) is 0 Å². The molecule has 21 heavy (non-hydrogen) atoms. The van der Waals surface area contributed by atoms with Crippen molar-refractivity contribution in [3.63, 3.8) is 0 Å². The molecule has 0 heterocycles. The van der Waals surface area contributed by atoms with Crippen molar-refractivity contribution >= 4 is 15.9 Å². The van der Waals surface area contributed by atoms with E-state index in [1.807, 2.05) is 12.1 Å². The standard InChI is InChI=1S/C18H27BrFN/c1-18(2,3)14-7-4-12(5-8-14)17(21)10-13-6-9-15(19)11-16(13)20/h6,9,11-12,14,17H,4-5,7-8,10,21H2,1-3H3. The molecule has 1 aliphatic carbocycles. The third-order valence-electron chi connectivity index (χ3n) is 5.07. The molecular formula is C18H27BrFN. The molecule has 0 spiro atoms. The first-order valence-corrected chi connectivity index (χ1v) is 8.76. The molecule has 0 aromatic heterocycles. The monoisotopic (exact) mass is 355 g/mol. The van der Waals surface area contributed by atoms with Gasteiger partial charge in [0, 0.05) is 10.5 Å². The lowest BCUT2D eigenvalue weighted by Gasteiger charge is -2.38. The average Bonchev–Trinajstić information content (AvgIpc) is 2.41. The lowest BCUT2D eigenvalue weighted by atomic mass is 9.68. The second-order valence-electron chi connectivity index (χ2n) is 7.58. The second kappa shape index (κ2) is 6.78. The summed E-state index contributed by atoms with van der Waals surface area (Å²) in [6, 6.07) is 5.34. The predicted molar refractivity (Wildman–Crippen MR) is 90.7 cm³/mol. The summed E-state index contributed by atoms with van der Waals surface area (Å²) >= 11 is 3.29. The van der Waals surface area contributed by atoms with Gasteiger partial charge in [-0.25, -0.2) is 4.39 Å². The summed E-state index contributed by atoms with van der Waals surface area (Å²) in [5.41, 5.74) is 7.50. The Morgan fingerprint density at radius 3 is 2.38 bits per heavy atom. The van der Waals surface area contributed by atoms with Gasteiger partial charge in [0.25, 0.3) is 0 Å². The first kappa shape index (κ1) is 17.0. The number of hydrogen-bond donors (Lipinski definition) is 1. The van der Waals surface area contributed by atoms with Gasteiger partial charge in [-0.15, -0.1) is 0 Å². The van der Waals surface area contributed by atoms with E-state index in [0.29, 0.717) is 17.8 Å². The van der Waals surface area contributed by atoms with Gasteiger partial charge in [0.2, 0.25) is 0 Å². The van der Waals surface area contributed by atoms with Gasteiger partial charge in [0.15, 0.2) is 0 Å². The zero-order valence-corrected chi connectivity index (χ0v) is 14.9. The Morgan fingerprint density at radius 1 is 1.24 bits per heavy atom. The molecule has 2 N–H and O–H groups in total. The van der Waals surface area contributed by atoms with Gasteiger partial charge in [-0.05, 0) is 67.1 Å². The zero-order chi connectivity index (χ0) is 15.6. The molecular weight excluding hydrogens is 329 g/mol. The largest absolute Gasteiger partial charge is 0.327 e. The van der Waals surface area contributed by atoms with Crippen LogP contribution in [-0.2, 0) is 6.42 Å². The maximum Gasteiger partial charge on any atom is 0.127 e. The van der Waals surface area contributed by atoms with Gasteiger partial charge < -0.3 is 5.73 Å². The number of nitrogens with two attached hydrogens (primary N) is 1. The van der Waals surface area contributed by atoms with Gasteiger partial charge in [-0.3, -0.25) is 0 Å². The molecule has 1 nitrogen and oxygen atoms in total. The fourth-order valence-electron chi connectivity index (χ4n) is 3.52. The first-order chi connectivity index (χ1) is 9.77. The van der Waals surface area contributed by atoms with Crippen LogP contribution in [-0.4, -0.2) is 6.04 Å². The van der Waals surface area contributed by atoms with E-state index in [-0.39, 0.29) is 11.9 Å². The Morgan fingerprint density at radius 2 is 1.86 bits per heavy atom. The molecule has 1 atom stereocenters. The normalized spacial score (nSPS) is 24.9. The van der Waals surface area contributed by atoms with Crippen LogP contribution in [0.25, 0.3) is 0 Å². The highest BCUT2D eigenvalue weighted by molar-refractivity contribution is 9.10. The van der Waals surface area contributed by atoms with E-state index in [4.69, 9.17) is 5.73 Å². The van der Waals surface area contributed by atoms with E-state index in [9.17, 15) is 4.39 Å². The molecule has 2 rings (SSSR count). The summed E-state index contributed by atoms with van der Waals surface area (Å²) in [7, 11) is 0. The molecule has 1 saturated carbocycles. The van der Waals surface area contributed by atoms with E-state index < -0.39 is 0 Å². The van der Waals surface area contributed by atoms with E-state index in [1.165, 1.54) is 31.7 Å². The molecule has 3 heteroatoms. The molecule has 0 bridgehead atoms. The fraction of sp³-hybridized carbons (Fsp3) is 0.667. The Labute approximate surface area is 136 Å². The summed E-state index contributed by atoms with van der Waals surface area (Å²) in [6.07, 6.45) is 5.52. The van der Waals surface area contributed by atoms with Gasteiger partial charge >= 0.3 is 0 Å². The van der Waals surface area contributed by atoms with Crippen molar-refractivity contribution < 1.29 is 4.39 Å². The maximum absolute atomic E-state index is 13.9. The number of rotatable bonds is 3. The van der Waals surface area contributed by atoms with Gasteiger partial charge in [-0.1, -0.05) is 42.8 Å². The summed E-state index contributed by atoms with van der Waals surface area (Å²) < 4.78 is 14.7. The number of benzene rings is 1. The van der Waals surface area contributed by atoms with Crippen molar-refractivity contribution in [3.8, 4) is 0 Å². The second-order valence-corrected chi connectivity index (χ2v) is 8.50. The summed E-state index contributed by atoms with van der Waals surface area (Å²) in [6.45, 7) is 6.99. The first-order valence-electron chi connectivity index (χ1n) is 7.97. The zero-order valence-electron chi connectivity index (χ0n) is 13.3. The molecule has 1 aliphatic rings. The van der Waals surface area contributed by atoms with Crippen LogP contribution in [0.2, 0.25) is 0 Å². The van der Waals surface area contributed by atoms with E-state index in [0.717, 1.165) is 16.0 Å². The summed E-state index contributed by atoms with van der Waals surface area (Å²) in [5.74, 6) is 1.18. The minimum absolute atomic E-state index is 0.0709. The van der Waals surface area contributed by atoms with Crippen LogP contribution in [0.5, 0.6) is 0 Å². The molecule has 1 unspecified atom stereocenters. The Balaban J connectivity index is 1.92. The Kier molecular flexibility index (Phi) is 5.48. The molecule has 1 fully saturated rings. The van der Waals surface area contributed by atoms with Crippen LogP contribution in [0.1, 0.15) is 52.0 Å². The van der Waals surface area contributed by atoms with Crippen LogP contribution in [0, 0.1) is 23.1 Å². The highest BCUT2D eigenvalue weighted by atomic mass is 79.9. The van der Waals surface area contributed by atoms with Crippen LogP contribution in [0.3, 0.4) is 0 Å². The summed E-state index contributed by atoms with van der Waals surface area (Å²) in [5, 5.41) is 0. The fourth-order valence-corrected chi connectivity index (χ4v) is 3.85. The average molecular weight is 356 g/mol. The quantitative estimate of drug-likeness (QED) is 0.780. The van der Waals surface area contributed by atoms with Gasteiger partial charge in [-0.2, -0.15) is 0 Å². The third kappa shape index (κ3) is 4.53. The van der Waals surface area contributed by atoms with Crippen molar-refractivity contribution in [2.24, 2.45) is 23.0 Å². The molecule has 0 radical (unpaired) electrons. The number of halogens is 2. The third-order valence-corrected chi connectivity index (χ3v) is 5.57. The highest BCUT2D eigenvalue weighted by Gasteiger charge is 2.31. The molecule has 1 aromatic rings. The molecule has 0 amide bonds. The smallest absolute Gasteiger partial charge is 0.127 e. The highest BCUT2D eigenvalue weighted by Crippen LogP contribution is 2.40. The van der Waals surface area contributed by atoms with E-state index in [1.54, 1.807) is 0 Å². The molecule has 0 saturated heterocycles. The van der Waals surface area contributed by atoms with E-state index in [2.05, 4.69) is 36.7 Å². The van der Waals surface area contributed by atoms with Crippen molar-refractivity contribution in [2.45, 2.75) is 58.9 Å². The van der Waals surface area contributed by atoms with Crippen molar-refractivity contribution in [3.05, 3.63) is 34.1 Å². The summed E-state index contributed by atoms with van der Waals surface area (Å²) in [4.78, 5) is 0. The van der Waals surface area contributed by atoms with E-state index >= 15 is 0 Å². The maximum atomic E-state index is 13.9. The van der Waals surface area contributed by atoms with Crippen molar-refractivity contribution in [1.82, 2.24) is 0 Å². The Hall–Kier alpha value is -0.410. The minimum Gasteiger partial charge on any atom is -0.327 e. The lowest BCUT2D eigenvalue weighted by Crippen LogP contribution is -2.37. The van der Waals surface area contributed by atoms with Crippen molar-refractivity contribution in [1.29, 1.82) is 0 Å².